The van der Waals surface area contributed by atoms with E-state index >= 15 is 0 Å². The van der Waals surface area contributed by atoms with E-state index < -0.39 is 16.3 Å². The second kappa shape index (κ2) is 4.98. The van der Waals surface area contributed by atoms with Crippen LogP contribution in [-0.4, -0.2) is 45.6 Å². The minimum Gasteiger partial charge on any atom is -0.452 e. The fourth-order valence-corrected chi connectivity index (χ4v) is 2.57. The van der Waals surface area contributed by atoms with Crippen molar-refractivity contribution in [2.75, 3.05) is 20.7 Å². The minimum atomic E-state index is -3.86. The first-order valence-corrected chi connectivity index (χ1v) is 6.40. The molecule has 16 heavy (non-hydrogen) atoms. The lowest BCUT2D eigenvalue weighted by molar-refractivity contribution is 0.176. The fourth-order valence-electron chi connectivity index (χ4n) is 1.52. The van der Waals surface area contributed by atoms with Gasteiger partial charge in [0.15, 0.2) is 0 Å². The van der Waals surface area contributed by atoms with E-state index in [-0.39, 0.29) is 12.6 Å². The minimum absolute atomic E-state index is 0.239. The number of hydrogen-bond donors (Lipinski definition) is 2. The average molecular weight is 251 g/mol. The van der Waals surface area contributed by atoms with E-state index in [2.05, 4.69) is 4.74 Å². The highest BCUT2D eigenvalue weighted by Crippen LogP contribution is 2.35. The molecule has 0 aliphatic heterocycles. The molecule has 1 aliphatic carbocycles. The Hall–Kier alpha value is -0.860. The number of carbonyl (C=O) groups is 1. The number of amides is 1. The lowest BCUT2D eigenvalue weighted by atomic mass is 10.2. The molecule has 1 fully saturated rings. The molecule has 3 N–H and O–H groups in total. The highest BCUT2D eigenvalue weighted by Gasteiger charge is 2.38. The van der Waals surface area contributed by atoms with Gasteiger partial charge in [-0.1, -0.05) is 0 Å². The van der Waals surface area contributed by atoms with Gasteiger partial charge >= 0.3 is 16.3 Å². The molecule has 1 rings (SSSR count). The smallest absolute Gasteiger partial charge is 0.421 e. The average Bonchev–Trinajstić information content (AvgIpc) is 3.02. The maximum absolute atomic E-state index is 11.7. The molecular weight excluding hydrogens is 234 g/mol. The van der Waals surface area contributed by atoms with Gasteiger partial charge in [-0.05, 0) is 18.8 Å². The summed E-state index contributed by atoms with van der Waals surface area (Å²) in [5.74, 6) is 0.296. The summed E-state index contributed by atoms with van der Waals surface area (Å²) in [6.45, 7) is 0.239. The second-order valence-corrected chi connectivity index (χ2v) is 5.49. The van der Waals surface area contributed by atoms with Crippen molar-refractivity contribution in [2.24, 2.45) is 11.7 Å². The summed E-state index contributed by atoms with van der Waals surface area (Å²) in [6, 6.07) is -0.262. The third-order valence-corrected chi connectivity index (χ3v) is 4.11. The zero-order valence-electron chi connectivity index (χ0n) is 9.34. The molecule has 7 nitrogen and oxygen atoms in total. The molecule has 0 bridgehead atoms. The summed E-state index contributed by atoms with van der Waals surface area (Å²) in [4.78, 5) is 10.9. The number of ether oxygens (including phenoxy) is 1. The van der Waals surface area contributed by atoms with Crippen LogP contribution in [0.25, 0.3) is 0 Å². The van der Waals surface area contributed by atoms with Gasteiger partial charge in [0.2, 0.25) is 0 Å². The van der Waals surface area contributed by atoms with Crippen LogP contribution in [0.4, 0.5) is 4.79 Å². The van der Waals surface area contributed by atoms with Crippen LogP contribution >= 0.6 is 0 Å². The van der Waals surface area contributed by atoms with E-state index in [1.54, 1.807) is 4.72 Å². The molecule has 1 aliphatic rings. The van der Waals surface area contributed by atoms with Crippen molar-refractivity contribution in [3.05, 3.63) is 0 Å². The Morgan fingerprint density at radius 3 is 2.56 bits per heavy atom. The summed E-state index contributed by atoms with van der Waals surface area (Å²) in [7, 11) is -1.35. The Labute approximate surface area is 95.1 Å². The molecule has 1 amide bonds. The number of carbonyl (C=O) groups excluding carboxylic acids is 1. The standard InChI is InChI=1S/C8H17N3O4S/c1-11(7(5-9)6-3-4-6)16(13,14)10-8(12)15-2/h6-7H,3-5,9H2,1-2H3,(H,10,12). The van der Waals surface area contributed by atoms with Crippen LogP contribution in [0.5, 0.6) is 0 Å². The molecule has 1 atom stereocenters. The monoisotopic (exact) mass is 251 g/mol. The van der Waals surface area contributed by atoms with Crippen molar-refractivity contribution >= 4 is 16.3 Å². The maximum Gasteiger partial charge on any atom is 0.421 e. The van der Waals surface area contributed by atoms with E-state index in [1.807, 2.05) is 0 Å². The molecule has 0 heterocycles. The molecule has 1 saturated carbocycles. The Morgan fingerprint density at radius 2 is 2.19 bits per heavy atom. The number of nitrogens with one attached hydrogen (secondary N) is 1. The van der Waals surface area contributed by atoms with Crippen molar-refractivity contribution in [3.8, 4) is 0 Å². The van der Waals surface area contributed by atoms with Crippen LogP contribution in [0.1, 0.15) is 12.8 Å². The predicted molar refractivity (Wildman–Crippen MR) is 57.8 cm³/mol. The van der Waals surface area contributed by atoms with Gasteiger partial charge in [0, 0.05) is 19.6 Å². The molecule has 8 heteroatoms. The molecule has 0 spiro atoms. The molecule has 0 radical (unpaired) electrons. The van der Waals surface area contributed by atoms with E-state index in [4.69, 9.17) is 5.73 Å². The molecular formula is C8H17N3O4S. The first-order chi connectivity index (χ1) is 7.42. The second-order valence-electron chi connectivity index (χ2n) is 3.76. The van der Waals surface area contributed by atoms with Crippen LogP contribution in [0.15, 0.2) is 0 Å². The molecule has 0 aromatic rings. The predicted octanol–water partition coefficient (Wildman–Crippen LogP) is -0.744. The first kappa shape index (κ1) is 13.2. The van der Waals surface area contributed by atoms with Gasteiger partial charge in [-0.3, -0.25) is 0 Å². The van der Waals surface area contributed by atoms with Crippen LogP contribution in [-0.2, 0) is 14.9 Å². The highest BCUT2D eigenvalue weighted by molar-refractivity contribution is 7.87. The van der Waals surface area contributed by atoms with E-state index in [0.29, 0.717) is 5.92 Å². The van der Waals surface area contributed by atoms with Crippen LogP contribution in [0.2, 0.25) is 0 Å². The number of nitrogens with zero attached hydrogens (tertiary/aromatic N) is 1. The molecule has 1 unspecified atom stereocenters. The topological polar surface area (TPSA) is 102 Å². The third-order valence-electron chi connectivity index (χ3n) is 2.65. The Bertz CT molecular complexity index is 352. The van der Waals surface area contributed by atoms with Gasteiger partial charge in [-0.25, -0.2) is 9.52 Å². The van der Waals surface area contributed by atoms with Gasteiger partial charge in [-0.15, -0.1) is 0 Å². The summed E-state index contributed by atoms with van der Waals surface area (Å²) < 4.78 is 30.5. The zero-order valence-corrected chi connectivity index (χ0v) is 10.2. The van der Waals surface area contributed by atoms with Crippen molar-refractivity contribution in [1.82, 2.24) is 9.03 Å². The molecule has 0 saturated heterocycles. The summed E-state index contributed by atoms with van der Waals surface area (Å²) in [5.41, 5.74) is 5.52. The number of nitrogens with two attached hydrogens (primary N) is 1. The maximum atomic E-state index is 11.7. The molecule has 0 aromatic heterocycles. The fraction of sp³-hybridized carbons (Fsp3) is 0.875. The summed E-state index contributed by atoms with van der Waals surface area (Å²) in [6.07, 6.45) is 0.943. The van der Waals surface area contributed by atoms with Gasteiger partial charge in [-0.2, -0.15) is 12.7 Å². The summed E-state index contributed by atoms with van der Waals surface area (Å²) in [5, 5.41) is 0. The number of rotatable bonds is 5. The highest BCUT2D eigenvalue weighted by atomic mass is 32.2. The van der Waals surface area contributed by atoms with Crippen molar-refractivity contribution < 1.29 is 17.9 Å². The van der Waals surface area contributed by atoms with Crippen LogP contribution in [0, 0.1) is 5.92 Å². The van der Waals surface area contributed by atoms with Crippen molar-refractivity contribution in [1.29, 1.82) is 0 Å². The quantitative estimate of drug-likeness (QED) is 0.670. The number of likely N-dealkylation sites (N-methyl/N-ethyl adjacent to an activating group) is 1. The van der Waals surface area contributed by atoms with Crippen LogP contribution < -0.4 is 10.5 Å². The van der Waals surface area contributed by atoms with Gasteiger partial charge in [0.1, 0.15) is 0 Å². The van der Waals surface area contributed by atoms with Gasteiger partial charge < -0.3 is 10.5 Å². The molecule has 94 valence electrons. The number of methoxy groups -OCH3 is 1. The lowest BCUT2D eigenvalue weighted by Crippen LogP contribution is -2.49. The van der Waals surface area contributed by atoms with Gasteiger partial charge in [0.25, 0.3) is 0 Å². The third kappa shape index (κ3) is 3.06. The first-order valence-electron chi connectivity index (χ1n) is 4.96. The Balaban J connectivity index is 2.69. The Morgan fingerprint density at radius 1 is 1.62 bits per heavy atom. The van der Waals surface area contributed by atoms with Crippen LogP contribution in [0.3, 0.4) is 0 Å². The van der Waals surface area contributed by atoms with Crippen molar-refractivity contribution in [3.63, 3.8) is 0 Å². The largest absolute Gasteiger partial charge is 0.452 e. The van der Waals surface area contributed by atoms with Crippen molar-refractivity contribution in [2.45, 2.75) is 18.9 Å². The normalized spacial score (nSPS) is 18.2. The lowest BCUT2D eigenvalue weighted by Gasteiger charge is -2.25. The number of hydrogen-bond acceptors (Lipinski definition) is 5. The molecule has 0 aromatic carbocycles. The van der Waals surface area contributed by atoms with E-state index in [9.17, 15) is 13.2 Å². The van der Waals surface area contributed by atoms with E-state index in [1.165, 1.54) is 7.05 Å². The SMILES string of the molecule is COC(=O)NS(=O)(=O)N(C)C(CN)C1CC1. The Kier molecular flexibility index (Phi) is 4.11. The van der Waals surface area contributed by atoms with Gasteiger partial charge in [0.05, 0.1) is 7.11 Å². The zero-order chi connectivity index (χ0) is 12.3. The summed E-state index contributed by atoms with van der Waals surface area (Å²) >= 11 is 0. The van der Waals surface area contributed by atoms with E-state index in [0.717, 1.165) is 24.3 Å².